The summed E-state index contributed by atoms with van der Waals surface area (Å²) in [4.78, 5) is 4.70. The highest BCUT2D eigenvalue weighted by Gasteiger charge is 2.19. The first-order valence-corrected chi connectivity index (χ1v) is 8.29. The predicted octanol–water partition coefficient (Wildman–Crippen LogP) is 3.45. The molecule has 1 heterocycles. The summed E-state index contributed by atoms with van der Waals surface area (Å²) in [6.45, 7) is 4.46. The molecule has 120 valence electrons. The lowest BCUT2D eigenvalue weighted by Gasteiger charge is -2.26. The molecule has 2 unspecified atom stereocenters. The molecular formula is C20H24N2O. The minimum atomic E-state index is 0.155. The third-order valence-electron chi connectivity index (χ3n) is 4.16. The van der Waals surface area contributed by atoms with Gasteiger partial charge in [-0.15, -0.1) is 0 Å². The quantitative estimate of drug-likeness (QED) is 0.887. The molecule has 0 saturated heterocycles. The van der Waals surface area contributed by atoms with Crippen LogP contribution in [-0.4, -0.2) is 25.0 Å². The molecule has 2 aromatic carbocycles. The van der Waals surface area contributed by atoms with Gasteiger partial charge >= 0.3 is 0 Å². The Morgan fingerprint density at radius 3 is 2.30 bits per heavy atom. The molecule has 1 N–H and O–H groups in total. The molecule has 0 saturated carbocycles. The molecule has 0 radical (unpaired) electrons. The number of nitrogens with one attached hydrogen (secondary N) is 1. The molecule has 23 heavy (non-hydrogen) atoms. The molecule has 3 nitrogen and oxygen atoms in total. The van der Waals surface area contributed by atoms with Crippen LogP contribution in [0.2, 0.25) is 0 Å². The van der Waals surface area contributed by atoms with Crippen LogP contribution < -0.4 is 5.32 Å². The molecule has 0 fully saturated rings. The van der Waals surface area contributed by atoms with E-state index in [1.807, 2.05) is 18.2 Å². The van der Waals surface area contributed by atoms with Gasteiger partial charge in [-0.25, -0.2) is 0 Å². The van der Waals surface area contributed by atoms with E-state index in [0.29, 0.717) is 12.5 Å². The third-order valence-corrected chi connectivity index (χ3v) is 4.16. The highest BCUT2D eigenvalue weighted by Crippen LogP contribution is 2.12. The second kappa shape index (κ2) is 7.93. The van der Waals surface area contributed by atoms with Crippen LogP contribution in [0.5, 0.6) is 0 Å². The number of rotatable bonds is 6. The number of aliphatic imine (C=N–C) groups is 1. The van der Waals surface area contributed by atoms with Gasteiger partial charge in [0.1, 0.15) is 0 Å². The smallest absolute Gasteiger partial charge is 0.0997 e. The van der Waals surface area contributed by atoms with Gasteiger partial charge in [0, 0.05) is 12.5 Å². The van der Waals surface area contributed by atoms with Crippen LogP contribution in [0, 0.1) is 5.92 Å². The van der Waals surface area contributed by atoms with Crippen molar-refractivity contribution in [3.05, 3.63) is 71.8 Å². The van der Waals surface area contributed by atoms with Crippen molar-refractivity contribution < 1.29 is 4.74 Å². The monoisotopic (exact) mass is 308 g/mol. The Kier molecular flexibility index (Phi) is 5.43. The molecule has 0 aromatic heterocycles. The van der Waals surface area contributed by atoms with Crippen molar-refractivity contribution in [2.45, 2.75) is 26.1 Å². The first-order valence-electron chi connectivity index (χ1n) is 8.29. The van der Waals surface area contributed by atoms with Gasteiger partial charge in [-0.2, -0.15) is 0 Å². The Bertz CT molecular complexity index is 625. The second-order valence-corrected chi connectivity index (χ2v) is 6.12. The van der Waals surface area contributed by atoms with Crippen LogP contribution in [0.4, 0.5) is 0 Å². The predicted molar refractivity (Wildman–Crippen MR) is 94.6 cm³/mol. The molecule has 1 aliphatic rings. The fourth-order valence-corrected chi connectivity index (χ4v) is 2.83. The highest BCUT2D eigenvalue weighted by atomic mass is 16.5. The van der Waals surface area contributed by atoms with Gasteiger partial charge in [0.2, 0.25) is 0 Å². The maximum absolute atomic E-state index is 5.95. The van der Waals surface area contributed by atoms with E-state index in [1.165, 1.54) is 11.1 Å². The Morgan fingerprint density at radius 2 is 1.70 bits per heavy atom. The van der Waals surface area contributed by atoms with E-state index in [-0.39, 0.29) is 6.10 Å². The van der Waals surface area contributed by atoms with E-state index in [1.54, 1.807) is 0 Å². The van der Waals surface area contributed by atoms with Crippen LogP contribution >= 0.6 is 0 Å². The Morgan fingerprint density at radius 1 is 1.04 bits per heavy atom. The summed E-state index contributed by atoms with van der Waals surface area (Å²) in [5.74, 6) is 1.51. The summed E-state index contributed by atoms with van der Waals surface area (Å²) in [5.41, 5.74) is 2.56. The second-order valence-electron chi connectivity index (χ2n) is 6.12. The van der Waals surface area contributed by atoms with Crippen LogP contribution in [0.3, 0.4) is 0 Å². The summed E-state index contributed by atoms with van der Waals surface area (Å²) in [5, 5.41) is 3.45. The van der Waals surface area contributed by atoms with Crippen molar-refractivity contribution in [2.75, 3.05) is 13.1 Å². The topological polar surface area (TPSA) is 33.6 Å². The number of hydrogen-bond acceptors (Lipinski definition) is 3. The number of hydrogen-bond donors (Lipinski definition) is 1. The Balaban J connectivity index is 1.48. The minimum Gasteiger partial charge on any atom is -0.371 e. The van der Waals surface area contributed by atoms with E-state index in [4.69, 9.17) is 9.73 Å². The summed E-state index contributed by atoms with van der Waals surface area (Å²) in [6.07, 6.45) is 1.17. The van der Waals surface area contributed by atoms with Crippen molar-refractivity contribution >= 4 is 5.84 Å². The van der Waals surface area contributed by atoms with Crippen LogP contribution in [-0.2, 0) is 17.8 Å². The first-order chi connectivity index (χ1) is 11.3. The maximum Gasteiger partial charge on any atom is 0.0997 e. The van der Waals surface area contributed by atoms with Gasteiger partial charge in [0.05, 0.1) is 25.1 Å². The maximum atomic E-state index is 5.95. The highest BCUT2D eigenvalue weighted by molar-refractivity contribution is 5.85. The van der Waals surface area contributed by atoms with Gasteiger partial charge in [0.15, 0.2) is 0 Å². The third kappa shape index (κ3) is 4.67. The lowest BCUT2D eigenvalue weighted by molar-refractivity contribution is 0.0466. The summed E-state index contributed by atoms with van der Waals surface area (Å²) < 4.78 is 5.95. The summed E-state index contributed by atoms with van der Waals surface area (Å²) in [7, 11) is 0. The molecule has 2 atom stereocenters. The zero-order chi connectivity index (χ0) is 15.9. The zero-order valence-electron chi connectivity index (χ0n) is 13.6. The first kappa shape index (κ1) is 15.8. The number of nitrogens with zero attached hydrogens (tertiary/aromatic N) is 1. The van der Waals surface area contributed by atoms with Crippen molar-refractivity contribution in [1.82, 2.24) is 5.32 Å². The van der Waals surface area contributed by atoms with Crippen molar-refractivity contribution in [1.29, 1.82) is 0 Å². The summed E-state index contributed by atoms with van der Waals surface area (Å²) >= 11 is 0. The molecule has 3 rings (SSSR count). The Hall–Kier alpha value is -2.13. The fraction of sp³-hybridized carbons (Fsp3) is 0.350. The molecule has 0 amide bonds. The van der Waals surface area contributed by atoms with E-state index < -0.39 is 0 Å². The Labute approximate surface area is 138 Å². The van der Waals surface area contributed by atoms with Gasteiger partial charge in [-0.1, -0.05) is 67.6 Å². The number of amidine groups is 1. The normalized spacial score (nSPS) is 18.8. The van der Waals surface area contributed by atoms with Gasteiger partial charge < -0.3 is 10.1 Å². The average Bonchev–Trinajstić information content (AvgIpc) is 2.62. The molecular weight excluding hydrogens is 284 g/mol. The fourth-order valence-electron chi connectivity index (χ4n) is 2.83. The molecule has 0 bridgehead atoms. The zero-order valence-corrected chi connectivity index (χ0v) is 13.6. The van der Waals surface area contributed by atoms with E-state index in [0.717, 1.165) is 25.3 Å². The molecule has 0 spiro atoms. The lowest BCUT2D eigenvalue weighted by atomic mass is 9.99. The van der Waals surface area contributed by atoms with Gasteiger partial charge in [0.25, 0.3) is 0 Å². The number of benzene rings is 2. The van der Waals surface area contributed by atoms with Crippen molar-refractivity contribution in [2.24, 2.45) is 10.9 Å². The van der Waals surface area contributed by atoms with Crippen molar-refractivity contribution in [3.8, 4) is 0 Å². The molecule has 1 aliphatic heterocycles. The SMILES string of the molecule is CC(Cc1ccccc1)C1=NCC(OCc2ccccc2)CN1. The van der Waals surface area contributed by atoms with Crippen LogP contribution in [0.1, 0.15) is 18.1 Å². The molecule has 0 aliphatic carbocycles. The standard InChI is InChI=1S/C20H24N2O/c1-16(12-17-8-4-2-5-9-17)20-21-13-19(14-22-20)23-15-18-10-6-3-7-11-18/h2-11,16,19H,12-15H2,1H3,(H,21,22). The van der Waals surface area contributed by atoms with E-state index >= 15 is 0 Å². The van der Waals surface area contributed by atoms with E-state index in [2.05, 4.69) is 54.7 Å². The van der Waals surface area contributed by atoms with Crippen LogP contribution in [0.25, 0.3) is 0 Å². The molecule has 2 aromatic rings. The number of ether oxygens (including phenoxy) is 1. The van der Waals surface area contributed by atoms with Gasteiger partial charge in [-0.05, 0) is 17.5 Å². The van der Waals surface area contributed by atoms with Gasteiger partial charge in [-0.3, -0.25) is 4.99 Å². The lowest BCUT2D eigenvalue weighted by Crippen LogP contribution is -2.43. The minimum absolute atomic E-state index is 0.155. The summed E-state index contributed by atoms with van der Waals surface area (Å²) in [6, 6.07) is 20.9. The molecule has 3 heteroatoms. The average molecular weight is 308 g/mol. The largest absolute Gasteiger partial charge is 0.371 e. The van der Waals surface area contributed by atoms with Crippen molar-refractivity contribution in [3.63, 3.8) is 0 Å². The van der Waals surface area contributed by atoms with E-state index in [9.17, 15) is 0 Å². The van der Waals surface area contributed by atoms with Crippen LogP contribution in [0.15, 0.2) is 65.7 Å².